The van der Waals surface area contributed by atoms with Crippen LogP contribution < -0.4 is 5.36 Å². The molecule has 0 unspecified atom stereocenters. The van der Waals surface area contributed by atoms with E-state index in [-0.39, 0.29) is 0 Å². The molecule has 17 heavy (non-hydrogen) atoms. The van der Waals surface area contributed by atoms with E-state index in [9.17, 15) is 0 Å². The van der Waals surface area contributed by atoms with Gasteiger partial charge in [0, 0.05) is 18.9 Å². The predicted octanol–water partition coefficient (Wildman–Crippen LogP) is 2.08. The molecule has 0 N–H and O–H groups in total. The molecule has 0 bridgehead atoms. The number of aryl methyl sites for hydroxylation is 3. The third-order valence-corrected chi connectivity index (χ3v) is 2.55. The van der Waals surface area contributed by atoms with Crippen molar-refractivity contribution in [2.75, 3.05) is 0 Å². The van der Waals surface area contributed by atoms with E-state index in [0.717, 1.165) is 29.7 Å². The molecule has 0 aliphatic carbocycles. The Morgan fingerprint density at radius 1 is 1.24 bits per heavy atom. The molecule has 2 aromatic heterocycles. The highest BCUT2D eigenvalue weighted by molar-refractivity contribution is 5.06. The molecular formula is C13H18N4. The fourth-order valence-electron chi connectivity index (χ4n) is 1.75. The Kier molecular flexibility index (Phi) is 3.42. The van der Waals surface area contributed by atoms with Crippen molar-refractivity contribution in [2.45, 2.75) is 33.7 Å². The van der Waals surface area contributed by atoms with Crippen LogP contribution in [0.3, 0.4) is 0 Å². The first kappa shape index (κ1) is 11.6. The van der Waals surface area contributed by atoms with Gasteiger partial charge in [0.05, 0.1) is 16.7 Å². The average molecular weight is 230 g/mol. The maximum Gasteiger partial charge on any atom is 0.0886 e. The van der Waals surface area contributed by atoms with Crippen LogP contribution in [0.5, 0.6) is 0 Å². The van der Waals surface area contributed by atoms with Gasteiger partial charge in [0.2, 0.25) is 0 Å². The fourth-order valence-corrected chi connectivity index (χ4v) is 1.75. The molecular weight excluding hydrogens is 212 g/mol. The van der Waals surface area contributed by atoms with Gasteiger partial charge in [-0.05, 0) is 38.5 Å². The Bertz CT molecular complexity index is 543. The lowest BCUT2D eigenvalue weighted by Gasteiger charge is -2.02. The summed E-state index contributed by atoms with van der Waals surface area (Å²) < 4.78 is 2.15. The van der Waals surface area contributed by atoms with Gasteiger partial charge in [0.15, 0.2) is 0 Å². The molecule has 0 saturated carbocycles. The first-order valence-corrected chi connectivity index (χ1v) is 5.93. The first-order chi connectivity index (χ1) is 8.19. The van der Waals surface area contributed by atoms with Gasteiger partial charge in [-0.25, -0.2) is 0 Å². The summed E-state index contributed by atoms with van der Waals surface area (Å²) in [5.74, 6) is 0. The van der Waals surface area contributed by atoms with Gasteiger partial charge in [-0.3, -0.25) is 0 Å². The molecule has 0 aromatic carbocycles. The van der Waals surface area contributed by atoms with Crippen molar-refractivity contribution in [3.8, 4) is 0 Å². The Morgan fingerprint density at radius 3 is 2.47 bits per heavy atom. The van der Waals surface area contributed by atoms with Crippen LogP contribution in [0.4, 0.5) is 0 Å². The molecule has 2 heterocycles. The van der Waals surface area contributed by atoms with Crippen LogP contribution in [0.15, 0.2) is 35.7 Å². The molecule has 2 aromatic rings. The normalized spacial score (nSPS) is 10.5. The highest BCUT2D eigenvalue weighted by Gasteiger charge is 1.97. The number of aromatic nitrogens is 3. The van der Waals surface area contributed by atoms with Gasteiger partial charge in [-0.1, -0.05) is 6.92 Å². The second-order valence-electron chi connectivity index (χ2n) is 4.21. The molecule has 0 aliphatic rings. The van der Waals surface area contributed by atoms with Crippen LogP contribution in [0, 0.1) is 13.8 Å². The number of hydrogen-bond donors (Lipinski definition) is 0. The van der Waals surface area contributed by atoms with Crippen molar-refractivity contribution >= 4 is 0 Å². The van der Waals surface area contributed by atoms with Crippen molar-refractivity contribution < 1.29 is 0 Å². The molecule has 0 atom stereocenters. The number of rotatable bonds is 3. The Balaban J connectivity index is 2.30. The Morgan fingerprint density at radius 2 is 1.94 bits per heavy atom. The summed E-state index contributed by atoms with van der Waals surface area (Å²) in [5.41, 5.74) is 2.04. The van der Waals surface area contributed by atoms with E-state index in [4.69, 9.17) is 0 Å². The topological polar surface area (TPSA) is 35.1 Å². The van der Waals surface area contributed by atoms with E-state index in [1.807, 2.05) is 44.4 Å². The molecule has 0 radical (unpaired) electrons. The van der Waals surface area contributed by atoms with Crippen molar-refractivity contribution in [1.82, 2.24) is 14.5 Å². The van der Waals surface area contributed by atoms with E-state index >= 15 is 0 Å². The van der Waals surface area contributed by atoms with Crippen LogP contribution in [0.25, 0.3) is 0 Å². The Hall–Kier alpha value is -1.84. The minimum atomic E-state index is 0.920. The minimum absolute atomic E-state index is 0.920. The maximum absolute atomic E-state index is 4.45. The zero-order valence-corrected chi connectivity index (χ0v) is 10.6. The molecule has 4 nitrogen and oxygen atoms in total. The molecule has 2 rings (SSSR count). The zero-order valence-electron chi connectivity index (χ0n) is 10.6. The molecule has 0 spiro atoms. The van der Waals surface area contributed by atoms with Crippen LogP contribution in [-0.4, -0.2) is 14.5 Å². The van der Waals surface area contributed by atoms with Gasteiger partial charge < -0.3 is 4.57 Å². The quantitative estimate of drug-likeness (QED) is 0.795. The van der Waals surface area contributed by atoms with Crippen LogP contribution >= 0.6 is 0 Å². The van der Waals surface area contributed by atoms with E-state index in [1.54, 1.807) is 4.79 Å². The molecule has 0 aliphatic heterocycles. The van der Waals surface area contributed by atoms with Crippen molar-refractivity contribution in [3.05, 3.63) is 47.3 Å². The van der Waals surface area contributed by atoms with E-state index in [2.05, 4.69) is 21.7 Å². The van der Waals surface area contributed by atoms with Gasteiger partial charge in [-0.15, -0.1) is 0 Å². The van der Waals surface area contributed by atoms with Gasteiger partial charge in [0.1, 0.15) is 0 Å². The summed E-state index contributed by atoms with van der Waals surface area (Å²) in [6.45, 7) is 7.18. The summed E-state index contributed by atoms with van der Waals surface area (Å²) in [6.07, 6.45) is 5.24. The molecule has 0 saturated heterocycles. The van der Waals surface area contributed by atoms with E-state index in [1.165, 1.54) is 0 Å². The highest BCUT2D eigenvalue weighted by atomic mass is 15.5. The van der Waals surface area contributed by atoms with Crippen LogP contribution in [0.2, 0.25) is 0 Å². The minimum Gasteiger partial charge on any atom is -0.354 e. The monoisotopic (exact) mass is 230 g/mol. The first-order valence-electron chi connectivity index (χ1n) is 5.93. The summed E-state index contributed by atoms with van der Waals surface area (Å²) in [6, 6.07) is 6.03. The average Bonchev–Trinajstić information content (AvgIpc) is 2.61. The lowest BCUT2D eigenvalue weighted by molar-refractivity contribution is 0.662. The third-order valence-electron chi connectivity index (χ3n) is 2.55. The lowest BCUT2D eigenvalue weighted by atomic mass is 10.4. The second-order valence-corrected chi connectivity index (χ2v) is 4.21. The zero-order chi connectivity index (χ0) is 12.3. The van der Waals surface area contributed by atoms with Gasteiger partial charge >= 0.3 is 0 Å². The van der Waals surface area contributed by atoms with Crippen LogP contribution in [0.1, 0.15) is 24.7 Å². The maximum atomic E-state index is 4.45. The summed E-state index contributed by atoms with van der Waals surface area (Å²) >= 11 is 0. The highest BCUT2D eigenvalue weighted by Crippen LogP contribution is 2.00. The number of pyridine rings is 1. The largest absolute Gasteiger partial charge is 0.354 e. The summed E-state index contributed by atoms with van der Waals surface area (Å²) in [4.78, 5) is 1.68. The molecule has 0 amide bonds. The summed E-state index contributed by atoms with van der Waals surface area (Å²) in [5, 5.41) is 9.68. The number of hydrogen-bond acceptors (Lipinski definition) is 2. The lowest BCUT2D eigenvalue weighted by Crippen LogP contribution is -2.09. The van der Waals surface area contributed by atoms with Crippen molar-refractivity contribution in [1.29, 1.82) is 0 Å². The van der Waals surface area contributed by atoms with Gasteiger partial charge in [-0.2, -0.15) is 15.0 Å². The third kappa shape index (κ3) is 2.84. The molecule has 0 fully saturated rings. The smallest absolute Gasteiger partial charge is 0.0886 e. The van der Waals surface area contributed by atoms with Crippen LogP contribution in [-0.2, 0) is 6.54 Å². The summed E-state index contributed by atoms with van der Waals surface area (Å²) in [7, 11) is 0. The standard InChI is InChI=1S/C13H18N4/c1-4-7-16-8-5-13(6-9-16)15-17-12(3)10-11(2)14-17/h5-6,8-10H,4,7H2,1-3H3. The van der Waals surface area contributed by atoms with Crippen molar-refractivity contribution in [3.63, 3.8) is 0 Å². The molecule has 90 valence electrons. The van der Waals surface area contributed by atoms with Crippen molar-refractivity contribution in [2.24, 2.45) is 5.10 Å². The number of nitrogens with zero attached hydrogens (tertiary/aromatic N) is 4. The predicted molar refractivity (Wildman–Crippen MR) is 67.4 cm³/mol. The second kappa shape index (κ2) is 4.99. The molecule has 4 heteroatoms. The fraction of sp³-hybridized carbons (Fsp3) is 0.385. The van der Waals surface area contributed by atoms with E-state index in [0.29, 0.717) is 0 Å². The van der Waals surface area contributed by atoms with E-state index < -0.39 is 0 Å². The SMILES string of the molecule is CCCn1ccc(=Nn2nc(C)cc2C)cc1. The van der Waals surface area contributed by atoms with Gasteiger partial charge in [0.25, 0.3) is 0 Å². The Labute approximate surface area is 101 Å².